The van der Waals surface area contributed by atoms with Gasteiger partial charge in [0.25, 0.3) is 0 Å². The van der Waals surface area contributed by atoms with E-state index in [-0.39, 0.29) is 16.7 Å². The van der Waals surface area contributed by atoms with Crippen LogP contribution in [0, 0.1) is 12.7 Å². The fraction of sp³-hybridized carbons (Fsp3) is 0.0769. The van der Waals surface area contributed by atoms with Crippen molar-refractivity contribution < 1.29 is 4.39 Å². The molecule has 1 aromatic carbocycles. The number of hydrogen-bond donors (Lipinski definition) is 3. The number of nitrogen functional groups attached to an aromatic ring is 1. The van der Waals surface area contributed by atoms with E-state index in [2.05, 4.69) is 20.7 Å². The molecule has 0 atom stereocenters. The molecule has 0 amide bonds. The molecule has 3 rings (SSSR count). The van der Waals surface area contributed by atoms with Gasteiger partial charge in [-0.2, -0.15) is 4.98 Å². The summed E-state index contributed by atoms with van der Waals surface area (Å²) in [5, 5.41) is 3.99. The van der Waals surface area contributed by atoms with E-state index in [0.717, 1.165) is 15.1 Å². The molecule has 0 spiro atoms. The van der Waals surface area contributed by atoms with Crippen LogP contribution in [0.1, 0.15) is 4.88 Å². The third-order valence-corrected chi connectivity index (χ3v) is 4.11. The average molecular weight is 324 g/mol. The third kappa shape index (κ3) is 2.63. The Hall–Kier alpha value is -1.96. The van der Waals surface area contributed by atoms with Crippen molar-refractivity contribution in [3.05, 3.63) is 40.0 Å². The first-order valence-corrected chi connectivity index (χ1v) is 7.24. The second-order valence-electron chi connectivity index (χ2n) is 4.34. The Morgan fingerprint density at radius 2 is 2.14 bits per heavy atom. The highest BCUT2D eigenvalue weighted by atomic mass is 35.5. The molecule has 0 aliphatic carbocycles. The molecule has 0 saturated heterocycles. The Labute approximate surface area is 128 Å². The number of rotatable bonds is 3. The lowest BCUT2D eigenvalue weighted by Gasteiger charge is -2.10. The molecule has 0 unspecified atom stereocenters. The van der Waals surface area contributed by atoms with Gasteiger partial charge in [0.15, 0.2) is 0 Å². The minimum atomic E-state index is -0.455. The zero-order valence-corrected chi connectivity index (χ0v) is 12.5. The Morgan fingerprint density at radius 1 is 1.33 bits per heavy atom. The molecule has 2 heterocycles. The summed E-state index contributed by atoms with van der Waals surface area (Å²) in [5.74, 6) is 5.61. The molecule has 0 fully saturated rings. The number of para-hydroxylation sites is 1. The monoisotopic (exact) mass is 323 g/mol. The highest BCUT2D eigenvalue weighted by molar-refractivity contribution is 7.18. The molecule has 8 heteroatoms. The van der Waals surface area contributed by atoms with Crippen LogP contribution in [0.25, 0.3) is 10.2 Å². The predicted molar refractivity (Wildman–Crippen MR) is 84.7 cm³/mol. The Kier molecular flexibility index (Phi) is 3.62. The van der Waals surface area contributed by atoms with E-state index >= 15 is 0 Å². The average Bonchev–Trinajstić information content (AvgIpc) is 2.83. The molecular formula is C13H11ClFN5S. The lowest BCUT2D eigenvalue weighted by Crippen LogP contribution is -2.11. The molecule has 0 saturated carbocycles. The molecule has 0 aliphatic rings. The summed E-state index contributed by atoms with van der Waals surface area (Å²) in [6, 6.07) is 6.40. The summed E-state index contributed by atoms with van der Waals surface area (Å²) in [7, 11) is 0. The molecule has 3 aromatic rings. The van der Waals surface area contributed by atoms with E-state index in [4.69, 9.17) is 17.4 Å². The standard InChI is InChI=1S/C13H11ClFN5S/c1-6-5-7-11(18-13(20-16)19-12(7)21-6)17-10-8(14)3-2-4-9(10)15/h2-5H,16H2,1H3,(H2,17,18,19,20). The fourth-order valence-electron chi connectivity index (χ4n) is 1.94. The predicted octanol–water partition coefficient (Wildman–Crippen LogP) is 3.82. The number of nitrogens with zero attached hydrogens (tertiary/aromatic N) is 2. The Balaban J connectivity index is 2.15. The summed E-state index contributed by atoms with van der Waals surface area (Å²) in [4.78, 5) is 10.3. The van der Waals surface area contributed by atoms with Gasteiger partial charge in [-0.15, -0.1) is 11.3 Å². The van der Waals surface area contributed by atoms with Crippen LogP contribution >= 0.6 is 22.9 Å². The van der Waals surface area contributed by atoms with Crippen molar-refractivity contribution in [2.75, 3.05) is 10.7 Å². The highest BCUT2D eigenvalue weighted by Gasteiger charge is 2.14. The van der Waals surface area contributed by atoms with Crippen LogP contribution in [-0.4, -0.2) is 9.97 Å². The molecule has 0 bridgehead atoms. The largest absolute Gasteiger partial charge is 0.336 e. The van der Waals surface area contributed by atoms with E-state index < -0.39 is 5.82 Å². The van der Waals surface area contributed by atoms with Crippen LogP contribution in [0.4, 0.5) is 21.8 Å². The van der Waals surface area contributed by atoms with E-state index in [0.29, 0.717) is 5.82 Å². The van der Waals surface area contributed by atoms with Crippen LogP contribution in [0.5, 0.6) is 0 Å². The zero-order valence-electron chi connectivity index (χ0n) is 10.9. The van der Waals surface area contributed by atoms with E-state index in [1.54, 1.807) is 12.1 Å². The van der Waals surface area contributed by atoms with Crippen molar-refractivity contribution in [2.24, 2.45) is 5.84 Å². The second-order valence-corrected chi connectivity index (χ2v) is 5.98. The summed E-state index contributed by atoms with van der Waals surface area (Å²) >= 11 is 7.53. The number of fused-ring (bicyclic) bond motifs is 1. The van der Waals surface area contributed by atoms with Gasteiger partial charge in [-0.05, 0) is 25.1 Å². The first-order chi connectivity index (χ1) is 10.1. The van der Waals surface area contributed by atoms with E-state index in [1.165, 1.54) is 17.4 Å². The minimum absolute atomic E-state index is 0.172. The topological polar surface area (TPSA) is 75.9 Å². The van der Waals surface area contributed by atoms with Gasteiger partial charge in [-0.3, -0.25) is 5.43 Å². The molecule has 0 radical (unpaired) electrons. The molecule has 108 valence electrons. The number of anilines is 3. The number of halogens is 2. The van der Waals surface area contributed by atoms with Crippen molar-refractivity contribution in [2.45, 2.75) is 6.92 Å². The van der Waals surface area contributed by atoms with Crippen LogP contribution in [-0.2, 0) is 0 Å². The maximum Gasteiger partial charge on any atom is 0.240 e. The summed E-state index contributed by atoms with van der Waals surface area (Å²) < 4.78 is 13.9. The van der Waals surface area contributed by atoms with E-state index in [9.17, 15) is 4.39 Å². The minimum Gasteiger partial charge on any atom is -0.336 e. The number of hydrogen-bond acceptors (Lipinski definition) is 6. The third-order valence-electron chi connectivity index (χ3n) is 2.85. The maximum absolute atomic E-state index is 13.9. The number of thiophene rings is 1. The molecule has 2 aromatic heterocycles. The van der Waals surface area contributed by atoms with Gasteiger partial charge in [0, 0.05) is 4.88 Å². The molecule has 0 aliphatic heterocycles. The Morgan fingerprint density at radius 3 is 2.86 bits per heavy atom. The van der Waals surface area contributed by atoms with Crippen LogP contribution in [0.15, 0.2) is 24.3 Å². The summed E-state index contributed by atoms with van der Waals surface area (Å²) in [6.45, 7) is 1.96. The molecular weight excluding hydrogens is 313 g/mol. The maximum atomic E-state index is 13.9. The molecule has 4 N–H and O–H groups in total. The molecule has 21 heavy (non-hydrogen) atoms. The van der Waals surface area contributed by atoms with Crippen molar-refractivity contribution in [3.8, 4) is 0 Å². The Bertz CT molecular complexity index is 799. The van der Waals surface area contributed by atoms with Crippen molar-refractivity contribution >= 4 is 50.6 Å². The van der Waals surface area contributed by atoms with Crippen LogP contribution in [0.3, 0.4) is 0 Å². The quantitative estimate of drug-likeness (QED) is 0.504. The lowest BCUT2D eigenvalue weighted by molar-refractivity contribution is 0.632. The summed E-state index contributed by atoms with van der Waals surface area (Å²) in [5.41, 5.74) is 2.57. The highest BCUT2D eigenvalue weighted by Crippen LogP contribution is 2.34. The lowest BCUT2D eigenvalue weighted by atomic mass is 10.3. The van der Waals surface area contributed by atoms with Gasteiger partial charge >= 0.3 is 0 Å². The number of aryl methyl sites for hydroxylation is 1. The first kappa shape index (κ1) is 14.0. The van der Waals surface area contributed by atoms with Crippen molar-refractivity contribution in [1.29, 1.82) is 0 Å². The number of nitrogens with one attached hydrogen (secondary N) is 2. The zero-order chi connectivity index (χ0) is 15.0. The number of benzene rings is 1. The van der Waals surface area contributed by atoms with Gasteiger partial charge < -0.3 is 5.32 Å². The van der Waals surface area contributed by atoms with Crippen molar-refractivity contribution in [3.63, 3.8) is 0 Å². The van der Waals surface area contributed by atoms with Gasteiger partial charge in [0.1, 0.15) is 16.5 Å². The van der Waals surface area contributed by atoms with Gasteiger partial charge in [0.05, 0.1) is 16.1 Å². The van der Waals surface area contributed by atoms with Crippen LogP contribution in [0.2, 0.25) is 5.02 Å². The van der Waals surface area contributed by atoms with Gasteiger partial charge in [-0.25, -0.2) is 15.2 Å². The van der Waals surface area contributed by atoms with Crippen molar-refractivity contribution in [1.82, 2.24) is 9.97 Å². The number of hydrazine groups is 1. The summed E-state index contributed by atoms with van der Waals surface area (Å²) in [6.07, 6.45) is 0. The molecule has 5 nitrogen and oxygen atoms in total. The fourth-order valence-corrected chi connectivity index (χ4v) is 3.03. The second kappa shape index (κ2) is 5.44. The van der Waals surface area contributed by atoms with Gasteiger partial charge in [0.2, 0.25) is 5.95 Å². The smallest absolute Gasteiger partial charge is 0.240 e. The van der Waals surface area contributed by atoms with Gasteiger partial charge in [-0.1, -0.05) is 17.7 Å². The number of aromatic nitrogens is 2. The van der Waals surface area contributed by atoms with Crippen LogP contribution < -0.4 is 16.6 Å². The number of nitrogens with two attached hydrogens (primary N) is 1. The van der Waals surface area contributed by atoms with E-state index in [1.807, 2.05) is 13.0 Å². The first-order valence-electron chi connectivity index (χ1n) is 6.04. The SMILES string of the molecule is Cc1cc2c(Nc3c(F)cccc3Cl)nc(NN)nc2s1. The normalized spacial score (nSPS) is 10.9.